The average molecular weight is 490 g/mol. The number of rotatable bonds is 8. The van der Waals surface area contributed by atoms with E-state index in [1.807, 2.05) is 35.0 Å². The van der Waals surface area contributed by atoms with Crippen molar-refractivity contribution in [1.82, 2.24) is 15.2 Å². The van der Waals surface area contributed by atoms with Crippen molar-refractivity contribution in [2.24, 2.45) is 0 Å². The molecule has 34 heavy (non-hydrogen) atoms. The Morgan fingerprint density at radius 1 is 1.06 bits per heavy atom. The number of benzene rings is 2. The Labute approximate surface area is 200 Å². The summed E-state index contributed by atoms with van der Waals surface area (Å²) in [5.41, 5.74) is 0.0846. The van der Waals surface area contributed by atoms with Crippen molar-refractivity contribution in [2.75, 3.05) is 12.3 Å². The topological polar surface area (TPSA) is 63.1 Å². The van der Waals surface area contributed by atoms with Crippen LogP contribution < -0.4 is 10.6 Å². The van der Waals surface area contributed by atoms with Gasteiger partial charge >= 0.3 is 6.18 Å². The number of thioether (sulfide) groups is 1. The predicted octanol–water partition coefficient (Wildman–Crippen LogP) is 5.24. The standard InChI is InChI=1S/C25H26F3N3O2S/c26-25(27,28)18-7-5-6-17(14-18)24(33)29-12-13-31-15-22(20-10-3-4-11-21(20)31)34-16-23(32)30-19-8-1-2-9-19/h3-7,10-11,14-15,19H,1-2,8-9,12-13,16H2,(H,29,33)(H,30,32). The number of alkyl halides is 3. The van der Waals surface area contributed by atoms with Crippen LogP contribution in [-0.2, 0) is 17.5 Å². The third-order valence-corrected chi connectivity index (χ3v) is 6.96. The van der Waals surface area contributed by atoms with Crippen molar-refractivity contribution in [3.05, 3.63) is 65.9 Å². The van der Waals surface area contributed by atoms with E-state index in [2.05, 4.69) is 10.6 Å². The van der Waals surface area contributed by atoms with Crippen LogP contribution in [0, 0.1) is 0 Å². The highest BCUT2D eigenvalue weighted by Crippen LogP contribution is 2.31. The van der Waals surface area contributed by atoms with Gasteiger partial charge in [-0.3, -0.25) is 9.59 Å². The van der Waals surface area contributed by atoms with E-state index >= 15 is 0 Å². The summed E-state index contributed by atoms with van der Waals surface area (Å²) in [6.07, 6.45) is 1.87. The fourth-order valence-electron chi connectivity index (χ4n) is 4.22. The normalized spacial score (nSPS) is 14.4. The molecule has 0 aliphatic heterocycles. The number of hydrogen-bond donors (Lipinski definition) is 2. The lowest BCUT2D eigenvalue weighted by Crippen LogP contribution is -2.33. The number of aromatic nitrogens is 1. The molecule has 1 aromatic heterocycles. The van der Waals surface area contributed by atoms with Gasteiger partial charge in [0, 0.05) is 46.7 Å². The second-order valence-electron chi connectivity index (χ2n) is 8.38. The first-order chi connectivity index (χ1) is 16.3. The Hall–Kier alpha value is -2.94. The maximum atomic E-state index is 12.9. The predicted molar refractivity (Wildman–Crippen MR) is 127 cm³/mol. The lowest BCUT2D eigenvalue weighted by Gasteiger charge is -2.11. The lowest BCUT2D eigenvalue weighted by atomic mass is 10.1. The number of hydrogen-bond acceptors (Lipinski definition) is 3. The molecule has 180 valence electrons. The van der Waals surface area contributed by atoms with E-state index in [1.54, 1.807) is 0 Å². The Balaban J connectivity index is 1.37. The maximum absolute atomic E-state index is 12.9. The summed E-state index contributed by atoms with van der Waals surface area (Å²) in [6.45, 7) is 0.695. The van der Waals surface area contributed by atoms with Crippen molar-refractivity contribution in [1.29, 1.82) is 0 Å². The molecule has 2 N–H and O–H groups in total. The van der Waals surface area contributed by atoms with Crippen LogP contribution >= 0.6 is 11.8 Å². The molecule has 4 rings (SSSR count). The Bertz CT molecular complexity index is 1170. The van der Waals surface area contributed by atoms with Gasteiger partial charge < -0.3 is 15.2 Å². The van der Waals surface area contributed by atoms with Gasteiger partial charge in [-0.15, -0.1) is 11.8 Å². The molecule has 1 saturated carbocycles. The van der Waals surface area contributed by atoms with E-state index < -0.39 is 17.6 Å². The molecular formula is C25H26F3N3O2S. The molecule has 0 spiro atoms. The van der Waals surface area contributed by atoms with Gasteiger partial charge in [-0.1, -0.05) is 37.1 Å². The van der Waals surface area contributed by atoms with E-state index in [-0.39, 0.29) is 24.1 Å². The number of amides is 2. The fraction of sp³-hybridized carbons (Fsp3) is 0.360. The molecule has 1 aliphatic carbocycles. The van der Waals surface area contributed by atoms with Gasteiger partial charge in [0.15, 0.2) is 0 Å². The van der Waals surface area contributed by atoms with Crippen LogP contribution in [0.3, 0.4) is 0 Å². The van der Waals surface area contributed by atoms with Crippen molar-refractivity contribution in [3.63, 3.8) is 0 Å². The summed E-state index contributed by atoms with van der Waals surface area (Å²) in [5.74, 6) is -0.195. The molecule has 0 unspecified atom stereocenters. The van der Waals surface area contributed by atoms with Gasteiger partial charge in [0.05, 0.1) is 11.3 Å². The molecule has 0 bridgehead atoms. The summed E-state index contributed by atoms with van der Waals surface area (Å²) >= 11 is 1.48. The van der Waals surface area contributed by atoms with Crippen molar-refractivity contribution in [2.45, 2.75) is 49.3 Å². The summed E-state index contributed by atoms with van der Waals surface area (Å²) in [5, 5.41) is 6.81. The minimum Gasteiger partial charge on any atom is -0.353 e. The molecule has 2 aromatic carbocycles. The quantitative estimate of drug-likeness (QED) is 0.426. The van der Waals surface area contributed by atoms with Crippen LogP contribution in [0.15, 0.2) is 59.6 Å². The molecule has 3 aromatic rings. The number of nitrogens with zero attached hydrogens (tertiary/aromatic N) is 1. The number of carbonyl (C=O) groups is 2. The van der Waals surface area contributed by atoms with Crippen molar-refractivity contribution >= 4 is 34.5 Å². The van der Waals surface area contributed by atoms with Gasteiger partial charge in [-0.2, -0.15) is 13.2 Å². The van der Waals surface area contributed by atoms with E-state index in [0.717, 1.165) is 53.6 Å². The van der Waals surface area contributed by atoms with E-state index in [4.69, 9.17) is 0 Å². The molecule has 5 nitrogen and oxygen atoms in total. The number of halogens is 3. The summed E-state index contributed by atoms with van der Waals surface area (Å²) in [7, 11) is 0. The molecule has 2 amide bonds. The molecular weight excluding hydrogens is 463 g/mol. The highest BCUT2D eigenvalue weighted by molar-refractivity contribution is 8.00. The van der Waals surface area contributed by atoms with E-state index in [0.29, 0.717) is 12.3 Å². The van der Waals surface area contributed by atoms with Crippen LogP contribution in [0.2, 0.25) is 0 Å². The molecule has 1 fully saturated rings. The SMILES string of the molecule is O=C(CSc1cn(CCNC(=O)c2cccc(C(F)(F)F)c2)c2ccccc12)NC1CCCC1. The van der Waals surface area contributed by atoms with Crippen molar-refractivity contribution in [3.8, 4) is 0 Å². The summed E-state index contributed by atoms with van der Waals surface area (Å²) in [4.78, 5) is 25.7. The molecule has 0 radical (unpaired) electrons. The van der Waals surface area contributed by atoms with Gasteiger partial charge in [-0.05, 0) is 37.1 Å². The maximum Gasteiger partial charge on any atom is 0.416 e. The summed E-state index contributed by atoms with van der Waals surface area (Å²) < 4.78 is 40.7. The van der Waals surface area contributed by atoms with Gasteiger partial charge in [0.25, 0.3) is 5.91 Å². The second-order valence-corrected chi connectivity index (χ2v) is 9.39. The Morgan fingerprint density at radius 2 is 1.82 bits per heavy atom. The third-order valence-electron chi connectivity index (χ3n) is 5.92. The first kappa shape index (κ1) is 24.2. The highest BCUT2D eigenvalue weighted by Gasteiger charge is 2.30. The highest BCUT2D eigenvalue weighted by atomic mass is 32.2. The summed E-state index contributed by atoms with van der Waals surface area (Å²) in [6, 6.07) is 12.5. The molecule has 0 saturated heterocycles. The van der Waals surface area contributed by atoms with E-state index in [1.165, 1.54) is 23.9 Å². The minimum absolute atomic E-state index is 0.0297. The first-order valence-corrected chi connectivity index (χ1v) is 12.3. The smallest absolute Gasteiger partial charge is 0.353 e. The Kier molecular flexibility index (Phi) is 7.50. The zero-order chi connectivity index (χ0) is 24.1. The lowest BCUT2D eigenvalue weighted by molar-refractivity contribution is -0.137. The second kappa shape index (κ2) is 10.5. The largest absolute Gasteiger partial charge is 0.416 e. The van der Waals surface area contributed by atoms with Crippen LogP contribution in [0.5, 0.6) is 0 Å². The van der Waals surface area contributed by atoms with Crippen LogP contribution in [0.4, 0.5) is 13.2 Å². The van der Waals surface area contributed by atoms with E-state index in [9.17, 15) is 22.8 Å². The Morgan fingerprint density at radius 3 is 2.59 bits per heavy atom. The zero-order valence-electron chi connectivity index (χ0n) is 18.5. The first-order valence-electron chi connectivity index (χ1n) is 11.3. The minimum atomic E-state index is -4.50. The number of nitrogens with one attached hydrogen (secondary N) is 2. The molecule has 1 heterocycles. The monoisotopic (exact) mass is 489 g/mol. The molecule has 9 heteroatoms. The average Bonchev–Trinajstić information content (AvgIpc) is 3.45. The number of fused-ring (bicyclic) bond motifs is 1. The zero-order valence-corrected chi connectivity index (χ0v) is 19.3. The van der Waals surface area contributed by atoms with Gasteiger partial charge in [-0.25, -0.2) is 0 Å². The molecule has 0 atom stereocenters. The molecule has 1 aliphatic rings. The van der Waals surface area contributed by atoms with Crippen LogP contribution in [0.25, 0.3) is 10.9 Å². The van der Waals surface area contributed by atoms with Crippen LogP contribution in [-0.4, -0.2) is 34.7 Å². The van der Waals surface area contributed by atoms with Crippen LogP contribution in [0.1, 0.15) is 41.6 Å². The fourth-order valence-corrected chi connectivity index (χ4v) is 5.12. The van der Waals surface area contributed by atoms with Crippen molar-refractivity contribution < 1.29 is 22.8 Å². The van der Waals surface area contributed by atoms with Gasteiger partial charge in [0.2, 0.25) is 5.91 Å². The number of carbonyl (C=O) groups excluding carboxylic acids is 2. The number of para-hydroxylation sites is 1. The third kappa shape index (κ3) is 5.94. The van der Waals surface area contributed by atoms with Gasteiger partial charge in [0.1, 0.15) is 0 Å².